The van der Waals surface area contributed by atoms with E-state index in [0.717, 1.165) is 12.0 Å². The first-order valence-electron chi connectivity index (χ1n) is 9.73. The van der Waals surface area contributed by atoms with E-state index in [1.807, 2.05) is 36.4 Å². The van der Waals surface area contributed by atoms with Crippen molar-refractivity contribution in [2.75, 3.05) is 18.5 Å². The predicted molar refractivity (Wildman–Crippen MR) is 117 cm³/mol. The van der Waals surface area contributed by atoms with Crippen LogP contribution in [-0.2, 0) is 17.8 Å². The van der Waals surface area contributed by atoms with Gasteiger partial charge in [0.05, 0.1) is 5.56 Å². The molecule has 1 aliphatic rings. The van der Waals surface area contributed by atoms with E-state index in [1.54, 1.807) is 29.2 Å². The Bertz CT molecular complexity index is 1070. The molecule has 2 amide bonds. The molecule has 1 heterocycles. The lowest BCUT2D eigenvalue weighted by Crippen LogP contribution is -2.38. The van der Waals surface area contributed by atoms with Crippen molar-refractivity contribution in [2.24, 2.45) is 0 Å². The van der Waals surface area contributed by atoms with Gasteiger partial charge in [-0.05, 0) is 47.9 Å². The molecule has 1 N–H and O–H groups in total. The van der Waals surface area contributed by atoms with Crippen molar-refractivity contribution in [3.63, 3.8) is 0 Å². The highest BCUT2D eigenvalue weighted by molar-refractivity contribution is 6.31. The number of hydrogen-bond acceptors (Lipinski definition) is 3. The van der Waals surface area contributed by atoms with Gasteiger partial charge in [0, 0.05) is 23.8 Å². The molecule has 152 valence electrons. The number of nitrogens with zero attached hydrogens (tertiary/aromatic N) is 1. The second-order valence-corrected chi connectivity index (χ2v) is 7.52. The van der Waals surface area contributed by atoms with Crippen LogP contribution in [0.3, 0.4) is 0 Å². The molecule has 0 radical (unpaired) electrons. The molecule has 6 heteroatoms. The topological polar surface area (TPSA) is 58.6 Å². The van der Waals surface area contributed by atoms with Crippen molar-refractivity contribution >= 4 is 29.1 Å². The summed E-state index contributed by atoms with van der Waals surface area (Å²) < 4.78 is 5.74. The Labute approximate surface area is 180 Å². The second-order valence-electron chi connectivity index (χ2n) is 7.08. The summed E-state index contributed by atoms with van der Waals surface area (Å²) in [6.45, 7) is 1.08. The van der Waals surface area contributed by atoms with Crippen LogP contribution in [0.5, 0.6) is 5.75 Å². The van der Waals surface area contributed by atoms with Gasteiger partial charge >= 0.3 is 0 Å². The molecule has 0 saturated carbocycles. The van der Waals surface area contributed by atoms with Crippen molar-refractivity contribution in [3.8, 4) is 5.75 Å². The molecule has 4 rings (SSSR count). The van der Waals surface area contributed by atoms with Gasteiger partial charge in [0.2, 0.25) is 0 Å². The van der Waals surface area contributed by atoms with Crippen LogP contribution >= 0.6 is 11.6 Å². The Morgan fingerprint density at radius 3 is 2.50 bits per heavy atom. The molecule has 0 aliphatic carbocycles. The van der Waals surface area contributed by atoms with E-state index in [0.29, 0.717) is 29.5 Å². The molecule has 0 fully saturated rings. The van der Waals surface area contributed by atoms with E-state index in [1.165, 1.54) is 11.6 Å². The molecule has 1 aliphatic heterocycles. The first kappa shape index (κ1) is 20.0. The smallest absolute Gasteiger partial charge is 0.260 e. The highest BCUT2D eigenvalue weighted by atomic mass is 35.5. The van der Waals surface area contributed by atoms with E-state index in [2.05, 4.69) is 11.4 Å². The predicted octanol–water partition coefficient (Wildman–Crippen LogP) is 4.56. The number of ether oxygens (including phenoxy) is 1. The largest absolute Gasteiger partial charge is 0.483 e. The molecule has 30 heavy (non-hydrogen) atoms. The first-order chi connectivity index (χ1) is 14.6. The minimum Gasteiger partial charge on any atom is -0.483 e. The van der Waals surface area contributed by atoms with Gasteiger partial charge in [-0.15, -0.1) is 0 Å². The summed E-state index contributed by atoms with van der Waals surface area (Å²) in [6, 6.07) is 22.0. The van der Waals surface area contributed by atoms with E-state index in [-0.39, 0.29) is 24.0 Å². The average Bonchev–Trinajstić information content (AvgIpc) is 2.78. The van der Waals surface area contributed by atoms with Crippen LogP contribution < -0.4 is 10.1 Å². The third-order valence-electron chi connectivity index (χ3n) is 5.05. The summed E-state index contributed by atoms with van der Waals surface area (Å²) in [5.41, 5.74) is 3.38. The molecule has 5 nitrogen and oxygen atoms in total. The number of anilines is 1. The highest BCUT2D eigenvalue weighted by Crippen LogP contribution is 2.25. The standard InChI is InChI=1S/C24H21ClN2O3/c25-19-10-11-22(21(14-19)24(29)26-20-8-2-1-3-9-20)30-16-23(28)27-13-12-17-6-4-5-7-18(17)15-27/h1-11,14H,12-13,15-16H2,(H,26,29). The summed E-state index contributed by atoms with van der Waals surface area (Å²) in [5, 5.41) is 3.23. The van der Waals surface area contributed by atoms with Gasteiger partial charge in [-0.3, -0.25) is 9.59 Å². The Balaban J connectivity index is 1.43. The number of para-hydroxylation sites is 1. The third-order valence-corrected chi connectivity index (χ3v) is 5.29. The van der Waals surface area contributed by atoms with Crippen molar-refractivity contribution in [1.82, 2.24) is 4.90 Å². The number of nitrogens with one attached hydrogen (secondary N) is 1. The Morgan fingerprint density at radius 2 is 1.70 bits per heavy atom. The zero-order valence-electron chi connectivity index (χ0n) is 16.3. The second kappa shape index (κ2) is 9.01. The van der Waals surface area contributed by atoms with E-state index in [9.17, 15) is 9.59 Å². The lowest BCUT2D eigenvalue weighted by Gasteiger charge is -2.28. The number of benzene rings is 3. The molecule has 0 atom stereocenters. The summed E-state index contributed by atoms with van der Waals surface area (Å²) in [4.78, 5) is 27.2. The number of carbonyl (C=O) groups excluding carboxylic acids is 2. The minimum absolute atomic E-state index is 0.117. The molecular weight excluding hydrogens is 400 g/mol. The van der Waals surface area contributed by atoms with Gasteiger partial charge in [0.15, 0.2) is 6.61 Å². The Morgan fingerprint density at radius 1 is 0.967 bits per heavy atom. The van der Waals surface area contributed by atoms with E-state index in [4.69, 9.17) is 16.3 Å². The van der Waals surface area contributed by atoms with Crippen molar-refractivity contribution in [2.45, 2.75) is 13.0 Å². The van der Waals surface area contributed by atoms with Gasteiger partial charge in [-0.1, -0.05) is 54.1 Å². The molecule has 0 bridgehead atoms. The van der Waals surface area contributed by atoms with Crippen LogP contribution in [0.1, 0.15) is 21.5 Å². The number of halogens is 1. The lowest BCUT2D eigenvalue weighted by atomic mass is 10.00. The number of rotatable bonds is 5. The Kier molecular flexibility index (Phi) is 6.00. The molecular formula is C24H21ClN2O3. The quantitative estimate of drug-likeness (QED) is 0.658. The fourth-order valence-corrected chi connectivity index (χ4v) is 3.64. The average molecular weight is 421 g/mol. The van der Waals surface area contributed by atoms with Crippen LogP contribution in [0.2, 0.25) is 5.02 Å². The van der Waals surface area contributed by atoms with Crippen LogP contribution in [0.15, 0.2) is 72.8 Å². The van der Waals surface area contributed by atoms with Crippen LogP contribution in [-0.4, -0.2) is 29.9 Å². The monoisotopic (exact) mass is 420 g/mol. The summed E-state index contributed by atoms with van der Waals surface area (Å²) >= 11 is 6.09. The maximum atomic E-state index is 12.7. The van der Waals surface area contributed by atoms with Gasteiger partial charge in [-0.2, -0.15) is 0 Å². The van der Waals surface area contributed by atoms with Gasteiger partial charge < -0.3 is 15.0 Å². The summed E-state index contributed by atoms with van der Waals surface area (Å²) in [6.07, 6.45) is 0.827. The molecule has 3 aromatic rings. The normalized spacial score (nSPS) is 12.8. The SMILES string of the molecule is O=C(Nc1ccccc1)c1cc(Cl)ccc1OCC(=O)N1CCc2ccccc2C1. The van der Waals surface area contributed by atoms with Gasteiger partial charge in [0.1, 0.15) is 5.75 Å². The minimum atomic E-state index is -0.349. The molecule has 0 unspecified atom stereocenters. The van der Waals surface area contributed by atoms with Crippen molar-refractivity contribution in [3.05, 3.63) is 94.5 Å². The van der Waals surface area contributed by atoms with Gasteiger partial charge in [-0.25, -0.2) is 0 Å². The lowest BCUT2D eigenvalue weighted by molar-refractivity contribution is -0.134. The highest BCUT2D eigenvalue weighted by Gasteiger charge is 2.22. The van der Waals surface area contributed by atoms with Crippen molar-refractivity contribution in [1.29, 1.82) is 0 Å². The number of amides is 2. The van der Waals surface area contributed by atoms with E-state index >= 15 is 0 Å². The molecule has 0 spiro atoms. The maximum Gasteiger partial charge on any atom is 0.260 e. The summed E-state index contributed by atoms with van der Waals surface area (Å²) in [5.74, 6) is -0.148. The molecule has 0 saturated heterocycles. The van der Waals surface area contributed by atoms with E-state index < -0.39 is 0 Å². The fraction of sp³-hybridized carbons (Fsp3) is 0.167. The molecule has 0 aromatic heterocycles. The molecule has 3 aromatic carbocycles. The zero-order valence-corrected chi connectivity index (χ0v) is 17.1. The fourth-order valence-electron chi connectivity index (χ4n) is 3.46. The maximum absolute atomic E-state index is 12.7. The van der Waals surface area contributed by atoms with Crippen molar-refractivity contribution < 1.29 is 14.3 Å². The zero-order chi connectivity index (χ0) is 20.9. The number of carbonyl (C=O) groups is 2. The first-order valence-corrected chi connectivity index (χ1v) is 10.1. The Hall–Kier alpha value is -3.31. The number of fused-ring (bicyclic) bond motifs is 1. The van der Waals surface area contributed by atoms with Crippen LogP contribution in [0.4, 0.5) is 5.69 Å². The number of hydrogen-bond donors (Lipinski definition) is 1. The third kappa shape index (κ3) is 4.63. The van der Waals surface area contributed by atoms with Crippen LogP contribution in [0.25, 0.3) is 0 Å². The van der Waals surface area contributed by atoms with Crippen LogP contribution in [0, 0.1) is 0 Å². The van der Waals surface area contributed by atoms with Gasteiger partial charge in [0.25, 0.3) is 11.8 Å². The summed E-state index contributed by atoms with van der Waals surface area (Å²) in [7, 11) is 0.